The molecule has 11 atom stereocenters. The average molecular weight is 471 g/mol. The van der Waals surface area contributed by atoms with Gasteiger partial charge in [-0.1, -0.05) is 53.7 Å². The van der Waals surface area contributed by atoms with E-state index in [1.165, 1.54) is 38.5 Å². The van der Waals surface area contributed by atoms with Gasteiger partial charge in [0.15, 0.2) is 0 Å². The van der Waals surface area contributed by atoms with Crippen LogP contribution in [0.15, 0.2) is 12.2 Å². The third-order valence-electron chi connectivity index (χ3n) is 12.1. The molecule has 0 aromatic heterocycles. The first-order valence-electron chi connectivity index (χ1n) is 14.6. The van der Waals surface area contributed by atoms with Gasteiger partial charge in [0.25, 0.3) is 0 Å². The topological polar surface area (TPSA) is 38.8 Å². The SMILES string of the molecule is CC[C@H](C=C[C@@H](C)[C@H]1CC[C@H]2[C@@H]3C[C@H]4O[C@]45C[C@@H](OC(C)=O)CC[C@]5(C)[C@H]3CC[C@]12C)C(C)C. The Hall–Kier alpha value is -0.830. The van der Waals surface area contributed by atoms with Crippen LogP contribution in [0.4, 0.5) is 0 Å². The lowest BCUT2D eigenvalue weighted by Crippen LogP contribution is -2.59. The lowest BCUT2D eigenvalue weighted by Gasteiger charge is -2.59. The van der Waals surface area contributed by atoms with Crippen LogP contribution in [-0.4, -0.2) is 23.8 Å². The molecule has 1 saturated heterocycles. The quantitative estimate of drug-likeness (QED) is 0.228. The van der Waals surface area contributed by atoms with E-state index < -0.39 is 0 Å². The molecule has 0 radical (unpaired) electrons. The fourth-order valence-corrected chi connectivity index (χ4v) is 10.2. The van der Waals surface area contributed by atoms with Crippen molar-refractivity contribution in [3.8, 4) is 0 Å². The van der Waals surface area contributed by atoms with Crippen LogP contribution in [0.5, 0.6) is 0 Å². The van der Waals surface area contributed by atoms with Crippen LogP contribution in [0, 0.1) is 52.3 Å². The predicted octanol–water partition coefficient (Wildman–Crippen LogP) is 7.58. The molecule has 5 aliphatic rings. The molecule has 3 heteroatoms. The Bertz CT molecular complexity index is 817. The summed E-state index contributed by atoms with van der Waals surface area (Å²) in [7, 11) is 0. The fourth-order valence-electron chi connectivity index (χ4n) is 10.2. The molecule has 0 bridgehead atoms. The molecule has 192 valence electrons. The largest absolute Gasteiger partial charge is 0.462 e. The molecular formula is C31H50O3. The summed E-state index contributed by atoms with van der Waals surface area (Å²) < 4.78 is 12.3. The molecule has 3 nitrogen and oxygen atoms in total. The van der Waals surface area contributed by atoms with E-state index in [-0.39, 0.29) is 23.1 Å². The number of fused-ring (bicyclic) bond motifs is 4. The zero-order valence-electron chi connectivity index (χ0n) is 22.9. The normalized spacial score (nSPS) is 49.1. The van der Waals surface area contributed by atoms with E-state index in [4.69, 9.17) is 9.47 Å². The van der Waals surface area contributed by atoms with E-state index >= 15 is 0 Å². The Morgan fingerprint density at radius 3 is 2.50 bits per heavy atom. The van der Waals surface area contributed by atoms with Gasteiger partial charge in [-0.2, -0.15) is 0 Å². The van der Waals surface area contributed by atoms with Crippen molar-refractivity contribution in [1.82, 2.24) is 0 Å². The first-order valence-corrected chi connectivity index (χ1v) is 14.6. The molecule has 1 spiro atoms. The summed E-state index contributed by atoms with van der Waals surface area (Å²) in [4.78, 5) is 11.6. The Morgan fingerprint density at radius 1 is 1.06 bits per heavy atom. The van der Waals surface area contributed by atoms with E-state index in [2.05, 4.69) is 53.7 Å². The van der Waals surface area contributed by atoms with Crippen LogP contribution in [0.1, 0.15) is 106 Å². The third kappa shape index (κ3) is 3.65. The number of epoxide rings is 1. The number of hydrogen-bond donors (Lipinski definition) is 0. The van der Waals surface area contributed by atoms with Crippen molar-refractivity contribution in [3.05, 3.63) is 12.2 Å². The Balaban J connectivity index is 1.32. The van der Waals surface area contributed by atoms with Crippen LogP contribution in [0.3, 0.4) is 0 Å². The smallest absolute Gasteiger partial charge is 0.302 e. The summed E-state index contributed by atoms with van der Waals surface area (Å²) in [5, 5.41) is 0. The number of carbonyl (C=O) groups is 1. The highest BCUT2D eigenvalue weighted by Gasteiger charge is 2.76. The second-order valence-electron chi connectivity index (χ2n) is 13.8. The summed E-state index contributed by atoms with van der Waals surface area (Å²) >= 11 is 0. The maximum atomic E-state index is 11.6. The molecule has 5 rings (SSSR count). The van der Waals surface area contributed by atoms with Crippen molar-refractivity contribution in [2.75, 3.05) is 0 Å². The second kappa shape index (κ2) is 8.63. The van der Waals surface area contributed by atoms with Gasteiger partial charge in [0.1, 0.15) is 11.7 Å². The standard InChI is InChI=1S/C31H50O3/c1-8-22(19(2)3)10-9-20(4)25-11-12-26-24-17-28-31(34-28)18-23(33-21(5)32)13-16-30(31,7)27(24)14-15-29(25,26)6/h9-10,19-20,22-28H,8,11-18H2,1-7H3/t20-,22-,23+,24+,25-,26+,27+,28-,29-,30-,31-/m1/s1. The number of ether oxygens (including phenoxy) is 2. The minimum Gasteiger partial charge on any atom is -0.462 e. The van der Waals surface area contributed by atoms with Gasteiger partial charge >= 0.3 is 5.97 Å². The number of allylic oxidation sites excluding steroid dienone is 2. The molecule has 0 aromatic rings. The molecule has 0 aromatic carbocycles. The van der Waals surface area contributed by atoms with Gasteiger partial charge in [-0.25, -0.2) is 0 Å². The van der Waals surface area contributed by atoms with Crippen molar-refractivity contribution in [1.29, 1.82) is 0 Å². The average Bonchev–Trinajstić information content (AvgIpc) is 3.34. The first-order chi connectivity index (χ1) is 16.1. The summed E-state index contributed by atoms with van der Waals surface area (Å²) in [6.07, 6.45) is 16.7. The monoisotopic (exact) mass is 470 g/mol. The molecule has 5 fully saturated rings. The molecule has 1 aliphatic heterocycles. The minimum atomic E-state index is -0.136. The van der Waals surface area contributed by atoms with Crippen molar-refractivity contribution >= 4 is 5.97 Å². The van der Waals surface area contributed by atoms with Crippen LogP contribution in [0.25, 0.3) is 0 Å². The van der Waals surface area contributed by atoms with Crippen molar-refractivity contribution in [3.63, 3.8) is 0 Å². The maximum absolute atomic E-state index is 11.6. The second-order valence-corrected chi connectivity index (χ2v) is 13.8. The fraction of sp³-hybridized carbons (Fsp3) is 0.903. The maximum Gasteiger partial charge on any atom is 0.302 e. The van der Waals surface area contributed by atoms with Gasteiger partial charge in [0, 0.05) is 18.8 Å². The predicted molar refractivity (Wildman–Crippen MR) is 137 cm³/mol. The molecule has 4 aliphatic carbocycles. The highest BCUT2D eigenvalue weighted by molar-refractivity contribution is 5.66. The molecule has 34 heavy (non-hydrogen) atoms. The molecule has 0 N–H and O–H groups in total. The zero-order valence-corrected chi connectivity index (χ0v) is 22.9. The van der Waals surface area contributed by atoms with Gasteiger partial charge in [-0.3, -0.25) is 4.79 Å². The van der Waals surface area contributed by atoms with E-state index in [1.807, 2.05) is 0 Å². The first kappa shape index (κ1) is 24.8. The highest BCUT2D eigenvalue weighted by atomic mass is 16.6. The van der Waals surface area contributed by atoms with E-state index in [0.717, 1.165) is 48.9 Å². The number of esters is 1. The Kier molecular flexibility index (Phi) is 6.31. The summed E-state index contributed by atoms with van der Waals surface area (Å²) in [6, 6.07) is 0. The Morgan fingerprint density at radius 2 is 1.82 bits per heavy atom. The highest BCUT2D eigenvalue weighted by Crippen LogP contribution is 2.74. The minimum absolute atomic E-state index is 0.0136. The molecule has 1 heterocycles. The van der Waals surface area contributed by atoms with Crippen molar-refractivity contribution < 1.29 is 14.3 Å². The van der Waals surface area contributed by atoms with E-state index in [9.17, 15) is 4.79 Å². The van der Waals surface area contributed by atoms with Gasteiger partial charge < -0.3 is 9.47 Å². The van der Waals surface area contributed by atoms with Crippen molar-refractivity contribution in [2.24, 2.45) is 52.3 Å². The Labute approximate surface area is 208 Å². The summed E-state index contributed by atoms with van der Waals surface area (Å²) in [5.74, 6) is 5.24. The van der Waals surface area contributed by atoms with Gasteiger partial charge in [0.05, 0.1) is 6.10 Å². The van der Waals surface area contributed by atoms with E-state index in [1.54, 1.807) is 6.92 Å². The number of carbonyl (C=O) groups excluding carboxylic acids is 1. The number of rotatable bonds is 6. The molecular weight excluding hydrogens is 420 g/mol. The van der Waals surface area contributed by atoms with Gasteiger partial charge in [-0.05, 0) is 98.2 Å². The van der Waals surface area contributed by atoms with Gasteiger partial charge in [-0.15, -0.1) is 0 Å². The van der Waals surface area contributed by atoms with Crippen LogP contribution in [-0.2, 0) is 14.3 Å². The lowest BCUT2D eigenvalue weighted by atomic mass is 9.44. The van der Waals surface area contributed by atoms with Crippen LogP contribution in [0.2, 0.25) is 0 Å². The summed E-state index contributed by atoms with van der Waals surface area (Å²) in [5.41, 5.74) is 0.721. The number of hydrogen-bond acceptors (Lipinski definition) is 3. The van der Waals surface area contributed by atoms with Crippen LogP contribution < -0.4 is 0 Å². The molecule has 4 saturated carbocycles. The lowest BCUT2D eigenvalue weighted by molar-refractivity contribution is -0.157. The summed E-state index contributed by atoms with van der Waals surface area (Å²) in [6.45, 7) is 16.3. The zero-order chi connectivity index (χ0) is 24.5. The van der Waals surface area contributed by atoms with Gasteiger partial charge in [0.2, 0.25) is 0 Å². The van der Waals surface area contributed by atoms with E-state index in [0.29, 0.717) is 23.4 Å². The third-order valence-corrected chi connectivity index (χ3v) is 12.1. The van der Waals surface area contributed by atoms with Crippen molar-refractivity contribution in [2.45, 2.75) is 124 Å². The molecule has 0 unspecified atom stereocenters. The van der Waals surface area contributed by atoms with Crippen LogP contribution >= 0.6 is 0 Å². The molecule has 0 amide bonds.